The Bertz CT molecular complexity index is 1340. The molecule has 4 aromatic rings. The lowest BCUT2D eigenvalue weighted by molar-refractivity contribution is 0.229. The summed E-state index contributed by atoms with van der Waals surface area (Å²) in [7, 11) is 4.22. The molecule has 0 spiro atoms. The van der Waals surface area contributed by atoms with Crippen LogP contribution in [0.1, 0.15) is 23.1 Å². The van der Waals surface area contributed by atoms with Crippen molar-refractivity contribution < 1.29 is 9.63 Å². The maximum atomic E-state index is 10.3. The van der Waals surface area contributed by atoms with Crippen molar-refractivity contribution in [2.45, 2.75) is 19.9 Å². The highest BCUT2D eigenvalue weighted by Gasteiger charge is 2.22. The third kappa shape index (κ3) is 5.65. The van der Waals surface area contributed by atoms with Gasteiger partial charge >= 0.3 is 0 Å². The number of aromatic nitrogens is 3. The summed E-state index contributed by atoms with van der Waals surface area (Å²) in [5, 5.41) is 18.8. The van der Waals surface area contributed by atoms with E-state index in [-0.39, 0.29) is 12.6 Å². The fourth-order valence-electron chi connectivity index (χ4n) is 5.02. The Morgan fingerprint density at radius 3 is 2.45 bits per heavy atom. The highest BCUT2D eigenvalue weighted by molar-refractivity contribution is 5.94. The molecule has 9 nitrogen and oxygen atoms in total. The van der Waals surface area contributed by atoms with Gasteiger partial charge in [0.25, 0.3) is 0 Å². The number of anilines is 2. The van der Waals surface area contributed by atoms with Crippen molar-refractivity contribution in [3.63, 3.8) is 0 Å². The predicted octanol–water partition coefficient (Wildman–Crippen LogP) is 3.73. The van der Waals surface area contributed by atoms with E-state index < -0.39 is 0 Å². The topological polar surface area (TPSA) is 93.8 Å². The molecule has 1 aliphatic rings. The molecular weight excluding hydrogens is 478 g/mol. The summed E-state index contributed by atoms with van der Waals surface area (Å²) in [4.78, 5) is 17.0. The largest absolute Gasteiger partial charge is 0.394 e. The van der Waals surface area contributed by atoms with E-state index in [4.69, 9.17) is 14.5 Å². The van der Waals surface area contributed by atoms with Crippen LogP contribution in [-0.4, -0.2) is 90.0 Å². The summed E-state index contributed by atoms with van der Waals surface area (Å²) in [6.07, 6.45) is 0. The summed E-state index contributed by atoms with van der Waals surface area (Å²) in [5.74, 6) is 2.19. The average molecular weight is 516 g/mol. The SMILES string of the molecule is Cc1noc(C)c1-c1ccc2nc(N3CCN(CCN(C)C)CC3)nc(N[C@H](CO)c3ccccc3)c2c1. The number of hydrogen-bond donors (Lipinski definition) is 2. The zero-order chi connectivity index (χ0) is 26.6. The molecule has 0 radical (unpaired) electrons. The monoisotopic (exact) mass is 515 g/mol. The van der Waals surface area contributed by atoms with Crippen molar-refractivity contribution in [1.82, 2.24) is 24.9 Å². The number of likely N-dealkylation sites (N-methyl/N-ethyl adjacent to an activating group) is 1. The second-order valence-electron chi connectivity index (χ2n) is 10.2. The number of aliphatic hydroxyl groups excluding tert-OH is 1. The molecule has 2 aromatic heterocycles. The van der Waals surface area contributed by atoms with Crippen molar-refractivity contribution in [1.29, 1.82) is 0 Å². The van der Waals surface area contributed by atoms with E-state index in [1.807, 2.05) is 50.2 Å². The van der Waals surface area contributed by atoms with Crippen molar-refractivity contribution in [3.8, 4) is 11.1 Å². The third-order valence-corrected chi connectivity index (χ3v) is 7.22. The summed E-state index contributed by atoms with van der Waals surface area (Å²) in [5.41, 5.74) is 4.69. The Labute approximate surface area is 224 Å². The van der Waals surface area contributed by atoms with Gasteiger partial charge in [0.1, 0.15) is 11.6 Å². The summed E-state index contributed by atoms with van der Waals surface area (Å²) in [6, 6.07) is 15.9. The van der Waals surface area contributed by atoms with Gasteiger partial charge in [-0.2, -0.15) is 4.98 Å². The van der Waals surface area contributed by atoms with Crippen molar-refractivity contribution in [2.24, 2.45) is 0 Å². The number of nitrogens with zero attached hydrogens (tertiary/aromatic N) is 6. The quantitative estimate of drug-likeness (QED) is 0.346. The number of rotatable bonds is 9. The lowest BCUT2D eigenvalue weighted by atomic mass is 10.0. The zero-order valence-electron chi connectivity index (χ0n) is 22.7. The number of piperazine rings is 1. The van der Waals surface area contributed by atoms with Gasteiger partial charge in [-0.25, -0.2) is 4.98 Å². The average Bonchev–Trinajstić information content (AvgIpc) is 3.28. The zero-order valence-corrected chi connectivity index (χ0v) is 22.7. The van der Waals surface area contributed by atoms with Gasteiger partial charge in [0, 0.05) is 50.2 Å². The molecule has 1 aliphatic heterocycles. The first kappa shape index (κ1) is 26.1. The van der Waals surface area contributed by atoms with Gasteiger partial charge in [-0.15, -0.1) is 0 Å². The first-order valence-electron chi connectivity index (χ1n) is 13.2. The molecule has 1 fully saturated rings. The summed E-state index contributed by atoms with van der Waals surface area (Å²) < 4.78 is 5.43. The Hall–Kier alpha value is -3.53. The van der Waals surface area contributed by atoms with Gasteiger partial charge in [-0.1, -0.05) is 41.6 Å². The van der Waals surface area contributed by atoms with Gasteiger partial charge in [-0.3, -0.25) is 4.90 Å². The Morgan fingerprint density at radius 2 is 1.79 bits per heavy atom. The number of aryl methyl sites for hydroxylation is 2. The van der Waals surface area contributed by atoms with E-state index in [0.29, 0.717) is 11.8 Å². The molecule has 1 saturated heterocycles. The van der Waals surface area contributed by atoms with E-state index >= 15 is 0 Å². The third-order valence-electron chi connectivity index (χ3n) is 7.22. The molecule has 9 heteroatoms. The van der Waals surface area contributed by atoms with Crippen molar-refractivity contribution in [2.75, 3.05) is 70.2 Å². The van der Waals surface area contributed by atoms with Gasteiger partial charge in [0.15, 0.2) is 0 Å². The molecule has 0 aliphatic carbocycles. The predicted molar refractivity (Wildman–Crippen MR) is 152 cm³/mol. The maximum absolute atomic E-state index is 10.3. The van der Waals surface area contributed by atoms with E-state index in [1.165, 1.54) is 0 Å². The molecule has 200 valence electrons. The van der Waals surface area contributed by atoms with Gasteiger partial charge in [0.2, 0.25) is 5.95 Å². The first-order valence-corrected chi connectivity index (χ1v) is 13.2. The molecule has 0 bridgehead atoms. The summed E-state index contributed by atoms with van der Waals surface area (Å²) in [6.45, 7) is 9.63. The number of nitrogens with one attached hydrogen (secondary N) is 1. The van der Waals surface area contributed by atoms with Crippen LogP contribution in [0.25, 0.3) is 22.0 Å². The minimum absolute atomic E-state index is 0.0566. The van der Waals surface area contributed by atoms with Crippen LogP contribution in [0.5, 0.6) is 0 Å². The van der Waals surface area contributed by atoms with Crippen molar-refractivity contribution >= 4 is 22.7 Å². The van der Waals surface area contributed by atoms with Gasteiger partial charge in [-0.05, 0) is 51.2 Å². The molecule has 38 heavy (non-hydrogen) atoms. The fourth-order valence-corrected chi connectivity index (χ4v) is 5.02. The number of hydrogen-bond acceptors (Lipinski definition) is 9. The second kappa shape index (κ2) is 11.5. The highest BCUT2D eigenvalue weighted by atomic mass is 16.5. The van der Waals surface area contributed by atoms with E-state index in [1.54, 1.807) is 0 Å². The number of fused-ring (bicyclic) bond motifs is 1. The highest BCUT2D eigenvalue weighted by Crippen LogP contribution is 2.33. The van der Waals surface area contributed by atoms with E-state index in [9.17, 15) is 5.11 Å². The number of benzene rings is 2. The fraction of sp³-hybridized carbons (Fsp3) is 0.414. The molecule has 2 aromatic carbocycles. The molecule has 0 saturated carbocycles. The smallest absolute Gasteiger partial charge is 0.227 e. The molecule has 1 atom stereocenters. The van der Waals surface area contributed by atoms with Crippen LogP contribution < -0.4 is 10.2 Å². The normalized spacial score (nSPS) is 15.4. The van der Waals surface area contributed by atoms with Crippen LogP contribution in [0.15, 0.2) is 53.1 Å². The lowest BCUT2D eigenvalue weighted by Crippen LogP contribution is -2.48. The first-order chi connectivity index (χ1) is 18.4. The van der Waals surface area contributed by atoms with Gasteiger partial charge in [0.05, 0.1) is 23.9 Å². The van der Waals surface area contributed by atoms with E-state index in [2.05, 4.69) is 51.4 Å². The minimum Gasteiger partial charge on any atom is -0.394 e. The van der Waals surface area contributed by atoms with Gasteiger partial charge < -0.3 is 24.7 Å². The van der Waals surface area contributed by atoms with Crippen LogP contribution in [-0.2, 0) is 0 Å². The standard InChI is InChI=1S/C29H37N7O2/c1-20-27(21(2)38-33-20)23-10-11-25-24(18-23)28(30-26(19-37)22-8-6-5-7-9-22)32-29(31-25)36-16-14-35(15-17-36)13-12-34(3)4/h5-11,18,26,37H,12-17,19H2,1-4H3,(H,30,31,32)/t26-/m1/s1. The molecule has 2 N–H and O–H groups in total. The van der Waals surface area contributed by atoms with Crippen LogP contribution in [0.2, 0.25) is 0 Å². The molecule has 5 rings (SSSR count). The Balaban J connectivity index is 1.50. The summed E-state index contributed by atoms with van der Waals surface area (Å²) >= 11 is 0. The number of aliphatic hydroxyl groups is 1. The Morgan fingerprint density at radius 1 is 1.03 bits per heavy atom. The lowest BCUT2D eigenvalue weighted by Gasteiger charge is -2.35. The van der Waals surface area contributed by atoms with Crippen LogP contribution >= 0.6 is 0 Å². The van der Waals surface area contributed by atoms with Crippen molar-refractivity contribution in [3.05, 3.63) is 65.5 Å². The Kier molecular flexibility index (Phi) is 7.87. The van der Waals surface area contributed by atoms with Crippen LogP contribution in [0.4, 0.5) is 11.8 Å². The van der Waals surface area contributed by atoms with Crippen LogP contribution in [0.3, 0.4) is 0 Å². The molecular formula is C29H37N7O2. The second-order valence-corrected chi connectivity index (χ2v) is 10.2. The van der Waals surface area contributed by atoms with Crippen LogP contribution in [0, 0.1) is 13.8 Å². The molecule has 3 heterocycles. The molecule has 0 unspecified atom stereocenters. The minimum atomic E-state index is -0.298. The molecule has 0 amide bonds. The maximum Gasteiger partial charge on any atom is 0.227 e. The van der Waals surface area contributed by atoms with E-state index in [0.717, 1.165) is 78.3 Å².